The van der Waals surface area contributed by atoms with Gasteiger partial charge in [-0.3, -0.25) is 4.79 Å². The van der Waals surface area contributed by atoms with E-state index in [1.54, 1.807) is 18.3 Å². The summed E-state index contributed by atoms with van der Waals surface area (Å²) in [6.07, 6.45) is 3.62. The van der Waals surface area contributed by atoms with Crippen molar-refractivity contribution in [1.29, 1.82) is 0 Å². The van der Waals surface area contributed by atoms with Crippen LogP contribution in [0, 0.1) is 6.92 Å². The van der Waals surface area contributed by atoms with Gasteiger partial charge < -0.3 is 15.4 Å². The molecule has 5 heteroatoms. The average molecular weight is 287 g/mol. The molecular formula is C16H21N3O2. The summed E-state index contributed by atoms with van der Waals surface area (Å²) in [4.78, 5) is 19.5. The van der Waals surface area contributed by atoms with Gasteiger partial charge in [0.05, 0.1) is 6.04 Å². The molecule has 0 fully saturated rings. The number of hydrogen-bond acceptors (Lipinski definition) is 3. The van der Waals surface area contributed by atoms with Crippen LogP contribution in [-0.2, 0) is 11.2 Å². The van der Waals surface area contributed by atoms with Crippen LogP contribution in [0.25, 0.3) is 0 Å². The topological polar surface area (TPSA) is 78.0 Å². The third kappa shape index (κ3) is 4.34. The number of amides is 1. The van der Waals surface area contributed by atoms with Crippen LogP contribution < -0.4 is 5.32 Å². The predicted molar refractivity (Wildman–Crippen MR) is 80.9 cm³/mol. The van der Waals surface area contributed by atoms with Crippen LogP contribution in [0.15, 0.2) is 30.5 Å². The zero-order chi connectivity index (χ0) is 15.2. The van der Waals surface area contributed by atoms with E-state index in [1.807, 2.05) is 26.0 Å². The highest BCUT2D eigenvalue weighted by Crippen LogP contribution is 2.14. The number of hydrogen-bond donors (Lipinski definition) is 3. The van der Waals surface area contributed by atoms with E-state index in [0.29, 0.717) is 12.8 Å². The molecule has 5 nitrogen and oxygen atoms in total. The third-order valence-electron chi connectivity index (χ3n) is 3.37. The molecule has 3 N–H and O–H groups in total. The first kappa shape index (κ1) is 15.1. The third-order valence-corrected chi connectivity index (χ3v) is 3.37. The molecule has 0 spiro atoms. The average Bonchev–Trinajstić information content (AvgIpc) is 2.90. The summed E-state index contributed by atoms with van der Waals surface area (Å²) in [5.41, 5.74) is 2.02. The van der Waals surface area contributed by atoms with Gasteiger partial charge in [0.1, 0.15) is 11.6 Å². The maximum atomic E-state index is 12.0. The van der Waals surface area contributed by atoms with E-state index < -0.39 is 0 Å². The zero-order valence-electron chi connectivity index (χ0n) is 12.4. The minimum absolute atomic E-state index is 0.00368. The lowest BCUT2D eigenvalue weighted by atomic mass is 10.1. The SMILES string of the molecule is CC[C@@H](NC(=O)CCc1ccc(O)cc1)c1ncc(C)[nH]1. The van der Waals surface area contributed by atoms with E-state index in [4.69, 9.17) is 0 Å². The number of imidazole rings is 1. The van der Waals surface area contributed by atoms with Crippen molar-refractivity contribution < 1.29 is 9.90 Å². The van der Waals surface area contributed by atoms with Crippen molar-refractivity contribution in [1.82, 2.24) is 15.3 Å². The Balaban J connectivity index is 1.87. The highest BCUT2D eigenvalue weighted by molar-refractivity contribution is 5.76. The fraction of sp³-hybridized carbons (Fsp3) is 0.375. The fourth-order valence-corrected chi connectivity index (χ4v) is 2.16. The molecule has 1 atom stereocenters. The van der Waals surface area contributed by atoms with Crippen LogP contribution in [0.3, 0.4) is 0 Å². The molecule has 0 aliphatic carbocycles. The van der Waals surface area contributed by atoms with Crippen molar-refractivity contribution in [3.05, 3.63) is 47.5 Å². The second-order valence-electron chi connectivity index (χ2n) is 5.15. The highest BCUT2D eigenvalue weighted by atomic mass is 16.3. The number of nitrogens with zero attached hydrogens (tertiary/aromatic N) is 1. The second-order valence-corrected chi connectivity index (χ2v) is 5.15. The number of carbonyl (C=O) groups excluding carboxylic acids is 1. The van der Waals surface area contributed by atoms with Crippen LogP contribution >= 0.6 is 0 Å². The Morgan fingerprint density at radius 1 is 1.38 bits per heavy atom. The van der Waals surface area contributed by atoms with Crippen molar-refractivity contribution in [3.63, 3.8) is 0 Å². The zero-order valence-corrected chi connectivity index (χ0v) is 12.4. The van der Waals surface area contributed by atoms with Gasteiger partial charge in [-0.05, 0) is 37.5 Å². The summed E-state index contributed by atoms with van der Waals surface area (Å²) < 4.78 is 0. The summed E-state index contributed by atoms with van der Waals surface area (Å²) in [5.74, 6) is 1.04. The van der Waals surface area contributed by atoms with Crippen LogP contribution in [0.1, 0.15) is 42.9 Å². The van der Waals surface area contributed by atoms with Gasteiger partial charge in [-0.15, -0.1) is 0 Å². The van der Waals surface area contributed by atoms with Crippen molar-refractivity contribution in [2.75, 3.05) is 0 Å². The molecule has 21 heavy (non-hydrogen) atoms. The number of H-pyrrole nitrogens is 1. The minimum Gasteiger partial charge on any atom is -0.508 e. The smallest absolute Gasteiger partial charge is 0.220 e. The Labute approximate surface area is 124 Å². The number of rotatable bonds is 6. The minimum atomic E-state index is -0.0778. The van der Waals surface area contributed by atoms with Gasteiger partial charge in [0.25, 0.3) is 0 Å². The van der Waals surface area contributed by atoms with Crippen molar-refractivity contribution in [2.24, 2.45) is 0 Å². The van der Waals surface area contributed by atoms with E-state index >= 15 is 0 Å². The first-order valence-electron chi connectivity index (χ1n) is 7.17. The van der Waals surface area contributed by atoms with E-state index in [-0.39, 0.29) is 17.7 Å². The van der Waals surface area contributed by atoms with Crippen LogP contribution in [0.2, 0.25) is 0 Å². The van der Waals surface area contributed by atoms with Crippen LogP contribution in [0.5, 0.6) is 5.75 Å². The molecule has 0 unspecified atom stereocenters. The number of aromatic hydroxyl groups is 1. The van der Waals surface area contributed by atoms with Gasteiger partial charge in [0.15, 0.2) is 0 Å². The molecule has 1 aromatic heterocycles. The molecule has 0 radical (unpaired) electrons. The molecule has 0 bridgehead atoms. The first-order valence-corrected chi connectivity index (χ1v) is 7.17. The maximum absolute atomic E-state index is 12.0. The number of nitrogens with one attached hydrogen (secondary N) is 2. The van der Waals surface area contributed by atoms with Gasteiger partial charge in [-0.2, -0.15) is 0 Å². The number of aromatic nitrogens is 2. The summed E-state index contributed by atoms with van der Waals surface area (Å²) in [7, 11) is 0. The van der Waals surface area contributed by atoms with Crippen molar-refractivity contribution >= 4 is 5.91 Å². The van der Waals surface area contributed by atoms with E-state index in [2.05, 4.69) is 15.3 Å². The Morgan fingerprint density at radius 3 is 2.67 bits per heavy atom. The number of aryl methyl sites for hydroxylation is 2. The molecule has 2 aromatic rings. The molecule has 0 saturated heterocycles. The van der Waals surface area contributed by atoms with Gasteiger partial charge in [0.2, 0.25) is 5.91 Å². The number of carbonyl (C=O) groups is 1. The number of phenols is 1. The second kappa shape index (κ2) is 6.92. The quantitative estimate of drug-likeness (QED) is 0.764. The van der Waals surface area contributed by atoms with Gasteiger partial charge in [0, 0.05) is 18.3 Å². The normalized spacial score (nSPS) is 12.1. The molecular weight excluding hydrogens is 266 g/mol. The Bertz CT molecular complexity index is 590. The predicted octanol–water partition coefficient (Wildman–Crippen LogP) is 2.62. The van der Waals surface area contributed by atoms with Crippen molar-refractivity contribution in [3.8, 4) is 5.75 Å². The number of phenolic OH excluding ortho intramolecular Hbond substituents is 1. The number of aromatic amines is 1. The van der Waals surface area contributed by atoms with Crippen LogP contribution in [-0.4, -0.2) is 21.0 Å². The lowest BCUT2D eigenvalue weighted by molar-refractivity contribution is -0.121. The molecule has 0 saturated carbocycles. The molecule has 1 amide bonds. The number of benzene rings is 1. The molecule has 1 heterocycles. The molecule has 0 aliphatic rings. The van der Waals surface area contributed by atoms with E-state index in [9.17, 15) is 9.90 Å². The summed E-state index contributed by atoms with van der Waals surface area (Å²) in [5, 5.41) is 12.2. The highest BCUT2D eigenvalue weighted by Gasteiger charge is 2.15. The van der Waals surface area contributed by atoms with Gasteiger partial charge in [-0.1, -0.05) is 19.1 Å². The molecule has 2 rings (SSSR count). The Hall–Kier alpha value is -2.30. The summed E-state index contributed by atoms with van der Waals surface area (Å²) in [6, 6.07) is 6.85. The summed E-state index contributed by atoms with van der Waals surface area (Å²) in [6.45, 7) is 3.96. The van der Waals surface area contributed by atoms with E-state index in [0.717, 1.165) is 23.5 Å². The largest absolute Gasteiger partial charge is 0.508 e. The van der Waals surface area contributed by atoms with Gasteiger partial charge in [-0.25, -0.2) is 4.98 Å². The standard InChI is InChI=1S/C16H21N3O2/c1-3-14(16-17-10-11(2)18-16)19-15(21)9-6-12-4-7-13(20)8-5-12/h4-5,7-8,10,14,20H,3,6,9H2,1-2H3,(H,17,18)(H,19,21)/t14-/m1/s1. The van der Waals surface area contributed by atoms with E-state index in [1.165, 1.54) is 0 Å². The Morgan fingerprint density at radius 2 is 2.10 bits per heavy atom. The Kier molecular flexibility index (Phi) is 4.98. The van der Waals surface area contributed by atoms with Crippen LogP contribution in [0.4, 0.5) is 0 Å². The monoisotopic (exact) mass is 287 g/mol. The maximum Gasteiger partial charge on any atom is 0.220 e. The first-order chi connectivity index (χ1) is 10.1. The molecule has 1 aromatic carbocycles. The molecule has 0 aliphatic heterocycles. The fourth-order valence-electron chi connectivity index (χ4n) is 2.16. The summed E-state index contributed by atoms with van der Waals surface area (Å²) >= 11 is 0. The molecule has 112 valence electrons. The lowest BCUT2D eigenvalue weighted by Crippen LogP contribution is -2.29. The van der Waals surface area contributed by atoms with Crippen molar-refractivity contribution in [2.45, 2.75) is 39.2 Å². The lowest BCUT2D eigenvalue weighted by Gasteiger charge is -2.14. The van der Waals surface area contributed by atoms with Gasteiger partial charge >= 0.3 is 0 Å².